The highest BCUT2D eigenvalue weighted by Gasteiger charge is 2.16. The molecule has 0 bridgehead atoms. The van der Waals surface area contributed by atoms with E-state index in [1.807, 2.05) is 43.3 Å². The minimum absolute atomic E-state index is 0.251. The zero-order valence-electron chi connectivity index (χ0n) is 10.9. The molecule has 4 heteroatoms. The largest absolute Gasteiger partial charge is 0.332 e. The summed E-state index contributed by atoms with van der Waals surface area (Å²) in [7, 11) is 0. The second-order valence-electron chi connectivity index (χ2n) is 4.36. The van der Waals surface area contributed by atoms with Gasteiger partial charge in [0.15, 0.2) is 0 Å². The van der Waals surface area contributed by atoms with Crippen molar-refractivity contribution in [1.29, 1.82) is 5.26 Å². The molecule has 20 heavy (non-hydrogen) atoms. The van der Waals surface area contributed by atoms with Crippen LogP contribution in [-0.2, 0) is 0 Å². The molecular formula is C16H13BrN2O. The van der Waals surface area contributed by atoms with E-state index in [2.05, 4.69) is 27.3 Å². The molecule has 2 aromatic carbocycles. The van der Waals surface area contributed by atoms with Gasteiger partial charge >= 0.3 is 0 Å². The lowest BCUT2D eigenvalue weighted by atomic mass is 10.1. The maximum atomic E-state index is 12.3. The fraction of sp³-hybridized carbons (Fsp3) is 0.125. The van der Waals surface area contributed by atoms with Gasteiger partial charge in [0.1, 0.15) is 6.04 Å². The van der Waals surface area contributed by atoms with Crippen LogP contribution in [-0.4, -0.2) is 5.91 Å². The molecule has 0 saturated carbocycles. The van der Waals surface area contributed by atoms with E-state index in [1.54, 1.807) is 12.1 Å². The third kappa shape index (κ3) is 3.06. The van der Waals surface area contributed by atoms with Crippen molar-refractivity contribution < 1.29 is 4.79 Å². The van der Waals surface area contributed by atoms with Gasteiger partial charge < -0.3 is 5.32 Å². The molecule has 0 aliphatic rings. The van der Waals surface area contributed by atoms with Gasteiger partial charge in [-0.2, -0.15) is 5.26 Å². The topological polar surface area (TPSA) is 52.9 Å². The normalized spacial score (nSPS) is 11.4. The van der Waals surface area contributed by atoms with Gasteiger partial charge in [-0.05, 0) is 30.2 Å². The highest BCUT2D eigenvalue weighted by atomic mass is 79.9. The molecule has 0 spiro atoms. The van der Waals surface area contributed by atoms with Gasteiger partial charge in [0.05, 0.1) is 6.07 Å². The number of nitriles is 1. The lowest BCUT2D eigenvalue weighted by Crippen LogP contribution is -2.28. The maximum absolute atomic E-state index is 12.3. The average molecular weight is 329 g/mol. The first-order valence-electron chi connectivity index (χ1n) is 6.14. The van der Waals surface area contributed by atoms with Gasteiger partial charge in [-0.1, -0.05) is 52.3 Å². The van der Waals surface area contributed by atoms with E-state index in [9.17, 15) is 10.1 Å². The molecule has 0 radical (unpaired) electrons. The first-order chi connectivity index (χ1) is 9.63. The van der Waals surface area contributed by atoms with E-state index in [4.69, 9.17) is 0 Å². The zero-order valence-corrected chi connectivity index (χ0v) is 12.5. The van der Waals surface area contributed by atoms with E-state index < -0.39 is 6.04 Å². The van der Waals surface area contributed by atoms with E-state index in [0.29, 0.717) is 5.56 Å². The van der Waals surface area contributed by atoms with Gasteiger partial charge in [0, 0.05) is 10.0 Å². The van der Waals surface area contributed by atoms with E-state index >= 15 is 0 Å². The van der Waals surface area contributed by atoms with Crippen LogP contribution in [0.5, 0.6) is 0 Å². The van der Waals surface area contributed by atoms with Crippen molar-refractivity contribution in [2.24, 2.45) is 0 Å². The fourth-order valence-electron chi connectivity index (χ4n) is 1.90. The van der Waals surface area contributed by atoms with Crippen molar-refractivity contribution in [3.8, 4) is 6.07 Å². The lowest BCUT2D eigenvalue weighted by Gasteiger charge is -2.13. The maximum Gasteiger partial charge on any atom is 0.252 e. The zero-order chi connectivity index (χ0) is 14.5. The fourth-order valence-corrected chi connectivity index (χ4v) is 2.26. The van der Waals surface area contributed by atoms with E-state index in [-0.39, 0.29) is 5.91 Å². The predicted octanol–water partition coefficient (Wildman–Crippen LogP) is 3.75. The predicted molar refractivity (Wildman–Crippen MR) is 81.1 cm³/mol. The molecule has 1 amide bonds. The Balaban J connectivity index is 2.23. The molecule has 0 fully saturated rings. The molecule has 2 aromatic rings. The number of nitrogens with one attached hydrogen (secondary N) is 1. The Kier molecular flexibility index (Phi) is 4.54. The summed E-state index contributed by atoms with van der Waals surface area (Å²) in [5.41, 5.74) is 2.20. The highest BCUT2D eigenvalue weighted by molar-refractivity contribution is 9.10. The molecule has 1 atom stereocenters. The van der Waals surface area contributed by atoms with Crippen molar-refractivity contribution in [3.63, 3.8) is 0 Å². The second kappa shape index (κ2) is 6.36. The third-order valence-corrected chi connectivity index (χ3v) is 3.91. The third-order valence-electron chi connectivity index (χ3n) is 3.05. The molecule has 2 rings (SSSR count). The molecule has 100 valence electrons. The Morgan fingerprint density at radius 1 is 1.20 bits per heavy atom. The summed E-state index contributed by atoms with van der Waals surface area (Å²) in [5.74, 6) is -0.251. The van der Waals surface area contributed by atoms with Crippen molar-refractivity contribution in [3.05, 3.63) is 69.7 Å². The van der Waals surface area contributed by atoms with Gasteiger partial charge in [0.25, 0.3) is 5.91 Å². The number of amides is 1. The van der Waals surface area contributed by atoms with Gasteiger partial charge in [-0.15, -0.1) is 0 Å². The Labute approximate surface area is 126 Å². The first kappa shape index (κ1) is 14.3. The Morgan fingerprint density at radius 3 is 2.55 bits per heavy atom. The molecule has 0 aliphatic carbocycles. The molecule has 1 N–H and O–H groups in total. The van der Waals surface area contributed by atoms with E-state index in [0.717, 1.165) is 15.6 Å². The van der Waals surface area contributed by atoms with Crippen LogP contribution < -0.4 is 5.32 Å². The summed E-state index contributed by atoms with van der Waals surface area (Å²) in [6.07, 6.45) is 0. The smallest absolute Gasteiger partial charge is 0.252 e. The Morgan fingerprint density at radius 2 is 1.90 bits per heavy atom. The Bertz CT molecular complexity index is 662. The molecule has 1 unspecified atom stereocenters. The van der Waals surface area contributed by atoms with Crippen LogP contribution in [0.2, 0.25) is 0 Å². The number of hydrogen-bond donors (Lipinski definition) is 1. The van der Waals surface area contributed by atoms with Gasteiger partial charge in [-0.25, -0.2) is 0 Å². The summed E-state index contributed by atoms with van der Waals surface area (Å²) >= 11 is 3.40. The van der Waals surface area contributed by atoms with Crippen LogP contribution in [0.25, 0.3) is 0 Å². The van der Waals surface area contributed by atoms with Crippen LogP contribution in [0.4, 0.5) is 0 Å². The standard InChI is InChI=1S/C16H13BrN2O/c1-11-13(8-5-9-14(11)17)16(20)19-15(10-18)12-6-3-2-4-7-12/h2-9,15H,1H3,(H,19,20). The van der Waals surface area contributed by atoms with Crippen LogP contribution in [0.1, 0.15) is 27.5 Å². The van der Waals surface area contributed by atoms with Gasteiger partial charge in [-0.3, -0.25) is 4.79 Å². The number of benzene rings is 2. The number of nitrogens with zero attached hydrogens (tertiary/aromatic N) is 1. The molecule has 0 aliphatic heterocycles. The SMILES string of the molecule is Cc1c(Br)cccc1C(=O)NC(C#N)c1ccccc1. The number of carbonyl (C=O) groups excluding carboxylic acids is 1. The van der Waals surface area contributed by atoms with Crippen LogP contribution in [0.3, 0.4) is 0 Å². The summed E-state index contributed by atoms with van der Waals surface area (Å²) in [5, 5.41) is 12.0. The summed E-state index contributed by atoms with van der Waals surface area (Å²) in [6.45, 7) is 1.86. The van der Waals surface area contributed by atoms with Crippen molar-refractivity contribution in [1.82, 2.24) is 5.32 Å². The minimum atomic E-state index is -0.651. The Hall–Kier alpha value is -2.12. The monoisotopic (exact) mass is 328 g/mol. The second-order valence-corrected chi connectivity index (χ2v) is 5.21. The number of halogens is 1. The molecule has 0 saturated heterocycles. The summed E-state index contributed by atoms with van der Waals surface area (Å²) in [6, 6.07) is 16.1. The number of carbonyl (C=O) groups is 1. The van der Waals surface area contributed by atoms with Crippen LogP contribution in [0.15, 0.2) is 53.0 Å². The minimum Gasteiger partial charge on any atom is -0.332 e. The lowest BCUT2D eigenvalue weighted by molar-refractivity contribution is 0.0944. The average Bonchev–Trinajstić information content (AvgIpc) is 2.48. The van der Waals surface area contributed by atoms with Crippen molar-refractivity contribution >= 4 is 21.8 Å². The molecule has 3 nitrogen and oxygen atoms in total. The van der Waals surface area contributed by atoms with Crippen molar-refractivity contribution in [2.45, 2.75) is 13.0 Å². The molecular weight excluding hydrogens is 316 g/mol. The van der Waals surface area contributed by atoms with Crippen LogP contribution in [0, 0.1) is 18.3 Å². The first-order valence-corrected chi connectivity index (χ1v) is 6.93. The summed E-state index contributed by atoms with van der Waals surface area (Å²) < 4.78 is 0.873. The highest BCUT2D eigenvalue weighted by Crippen LogP contribution is 2.20. The number of hydrogen-bond acceptors (Lipinski definition) is 2. The van der Waals surface area contributed by atoms with Crippen molar-refractivity contribution in [2.75, 3.05) is 0 Å². The summed E-state index contributed by atoms with van der Waals surface area (Å²) in [4.78, 5) is 12.3. The van der Waals surface area contributed by atoms with Crippen LogP contribution >= 0.6 is 15.9 Å². The van der Waals surface area contributed by atoms with E-state index in [1.165, 1.54) is 0 Å². The quantitative estimate of drug-likeness (QED) is 0.932. The molecule has 0 aromatic heterocycles. The molecule has 0 heterocycles. The van der Waals surface area contributed by atoms with Gasteiger partial charge in [0.2, 0.25) is 0 Å². The number of rotatable bonds is 3.